The molecule has 0 atom stereocenters. The van der Waals surface area contributed by atoms with E-state index in [4.69, 9.17) is 12.8 Å². The maximum Gasteiger partial charge on any atom is 1.00 e. The van der Waals surface area contributed by atoms with E-state index in [-0.39, 0.29) is 35.8 Å². The summed E-state index contributed by atoms with van der Waals surface area (Å²) in [6.45, 7) is 0. The number of aromatic carboxylic acids is 1. The summed E-state index contributed by atoms with van der Waals surface area (Å²) in [6.07, 6.45) is 10.7. The first-order valence-electron chi connectivity index (χ1n) is 9.52. The van der Waals surface area contributed by atoms with Gasteiger partial charge in [-0.3, -0.25) is 0 Å². The Morgan fingerprint density at radius 2 is 1.06 bits per heavy atom. The van der Waals surface area contributed by atoms with Gasteiger partial charge in [-0.05, 0) is 54.6 Å². The molecule has 0 aliphatic heterocycles. The summed E-state index contributed by atoms with van der Waals surface area (Å²) in [4.78, 5) is 36.1. The Morgan fingerprint density at radius 1 is 0.647 bits per heavy atom. The predicted molar refractivity (Wildman–Crippen MR) is 125 cm³/mol. The molecule has 162 valence electrons. The van der Waals surface area contributed by atoms with Crippen LogP contribution in [0.3, 0.4) is 0 Å². The quantitative estimate of drug-likeness (QED) is 0.334. The Morgan fingerprint density at radius 3 is 1.44 bits per heavy atom. The van der Waals surface area contributed by atoms with Gasteiger partial charge in [0.1, 0.15) is 0 Å². The third kappa shape index (κ3) is 7.22. The molecule has 3 rings (SSSR count). The smallest absolute Gasteiger partial charge is 0.545 e. The number of anilines is 4. The third-order valence-corrected chi connectivity index (χ3v) is 4.26. The standard InChI is InChI=1S/C25H18N4O4.Li/c1-3-16-7-5-9-19(11-16)26-24(32)28-21-13-18(23(30)31)14-22(15-21)29-25(33)27-20-10-6-8-17(4-2)12-20;/h1-2,5-15H,(H,30,31)(H2,26,28,32)(H2,27,29,33);/q;+1/p-1. The van der Waals surface area contributed by atoms with E-state index in [2.05, 4.69) is 33.1 Å². The maximum atomic E-state index is 12.3. The number of hydrogen-bond donors (Lipinski definition) is 4. The number of amides is 4. The van der Waals surface area contributed by atoms with Crippen LogP contribution in [-0.2, 0) is 0 Å². The minimum Gasteiger partial charge on any atom is -0.545 e. The van der Waals surface area contributed by atoms with Crippen molar-refractivity contribution in [2.75, 3.05) is 21.3 Å². The van der Waals surface area contributed by atoms with Gasteiger partial charge in [0.15, 0.2) is 0 Å². The van der Waals surface area contributed by atoms with Crippen molar-refractivity contribution < 1.29 is 38.4 Å². The molecular formula is C25H17LiN4O4. The number of carbonyl (C=O) groups excluding carboxylic acids is 3. The SMILES string of the molecule is C#Cc1cccc(NC(=O)Nc2cc(NC(=O)Nc3cccc(C#C)c3)cc(C(=O)[O-])c2)c1.[Li+]. The van der Waals surface area contributed by atoms with E-state index in [0.29, 0.717) is 22.5 Å². The number of rotatable bonds is 5. The van der Waals surface area contributed by atoms with E-state index in [1.807, 2.05) is 0 Å². The first-order valence-corrected chi connectivity index (χ1v) is 9.52. The molecule has 0 saturated heterocycles. The second-order valence-corrected chi connectivity index (χ2v) is 6.70. The van der Waals surface area contributed by atoms with Crippen LogP contribution in [0.15, 0.2) is 66.7 Å². The largest absolute Gasteiger partial charge is 1.00 e. The van der Waals surface area contributed by atoms with E-state index >= 15 is 0 Å². The van der Waals surface area contributed by atoms with Crippen LogP contribution in [0, 0.1) is 24.7 Å². The average Bonchev–Trinajstić information content (AvgIpc) is 2.78. The molecule has 3 aromatic rings. The van der Waals surface area contributed by atoms with Crippen LogP contribution in [0.5, 0.6) is 0 Å². The van der Waals surface area contributed by atoms with Crippen LogP contribution in [-0.4, -0.2) is 18.0 Å². The molecule has 4 amide bonds. The topological polar surface area (TPSA) is 122 Å². The molecule has 0 fully saturated rings. The maximum absolute atomic E-state index is 12.3. The summed E-state index contributed by atoms with van der Waals surface area (Å²) in [5, 5.41) is 21.6. The summed E-state index contributed by atoms with van der Waals surface area (Å²) >= 11 is 0. The molecule has 0 heterocycles. The summed E-state index contributed by atoms with van der Waals surface area (Å²) in [7, 11) is 0. The van der Waals surface area contributed by atoms with E-state index in [0.717, 1.165) is 0 Å². The fourth-order valence-corrected chi connectivity index (χ4v) is 2.85. The van der Waals surface area contributed by atoms with Crippen molar-refractivity contribution in [1.29, 1.82) is 0 Å². The Bertz CT molecular complexity index is 1230. The summed E-state index contributed by atoms with van der Waals surface area (Å²) in [5.41, 5.74) is 2.05. The summed E-state index contributed by atoms with van der Waals surface area (Å²) in [6, 6.07) is 15.8. The normalized spacial score (nSPS) is 9.35. The monoisotopic (exact) mass is 444 g/mol. The molecule has 0 saturated carbocycles. The molecule has 34 heavy (non-hydrogen) atoms. The molecule has 4 N–H and O–H groups in total. The number of terminal acetylenes is 2. The molecule has 0 aromatic heterocycles. The van der Waals surface area contributed by atoms with Crippen LogP contribution < -0.4 is 45.2 Å². The first-order chi connectivity index (χ1) is 15.9. The number of benzene rings is 3. The number of urea groups is 2. The molecule has 0 aliphatic rings. The van der Waals surface area contributed by atoms with Crippen LogP contribution >= 0.6 is 0 Å². The van der Waals surface area contributed by atoms with Gasteiger partial charge in [-0.1, -0.05) is 24.0 Å². The Labute approximate surface area is 208 Å². The van der Waals surface area contributed by atoms with E-state index in [1.165, 1.54) is 18.2 Å². The number of carbonyl (C=O) groups is 3. The van der Waals surface area contributed by atoms with E-state index in [9.17, 15) is 19.5 Å². The molecule has 0 aliphatic carbocycles. The molecule has 0 bridgehead atoms. The van der Waals surface area contributed by atoms with Crippen molar-refractivity contribution in [1.82, 2.24) is 0 Å². The summed E-state index contributed by atoms with van der Waals surface area (Å²) < 4.78 is 0. The van der Waals surface area contributed by atoms with Crippen molar-refractivity contribution in [3.8, 4) is 24.7 Å². The van der Waals surface area contributed by atoms with Crippen molar-refractivity contribution in [3.05, 3.63) is 83.4 Å². The van der Waals surface area contributed by atoms with Gasteiger partial charge in [0, 0.05) is 39.4 Å². The molecule has 0 unspecified atom stereocenters. The fraction of sp³-hybridized carbons (Fsp3) is 0. The van der Waals surface area contributed by atoms with Gasteiger partial charge in [-0.25, -0.2) is 9.59 Å². The third-order valence-electron chi connectivity index (χ3n) is 4.26. The number of carboxylic acid groups (broad SMARTS) is 1. The zero-order valence-electron chi connectivity index (χ0n) is 18.1. The number of hydrogen-bond acceptors (Lipinski definition) is 4. The minimum atomic E-state index is -1.48. The van der Waals surface area contributed by atoms with Crippen LogP contribution in [0.2, 0.25) is 0 Å². The molecule has 9 heteroatoms. The second-order valence-electron chi connectivity index (χ2n) is 6.70. The minimum absolute atomic E-state index is 0. The van der Waals surface area contributed by atoms with E-state index < -0.39 is 18.0 Å². The zero-order valence-corrected chi connectivity index (χ0v) is 18.1. The van der Waals surface area contributed by atoms with Crippen LogP contribution in [0.1, 0.15) is 21.5 Å². The average molecular weight is 444 g/mol. The van der Waals surface area contributed by atoms with Crippen molar-refractivity contribution in [2.45, 2.75) is 0 Å². The Hall–Kier alpha value is -4.61. The van der Waals surface area contributed by atoms with Gasteiger partial charge in [-0.15, -0.1) is 12.8 Å². The molecule has 0 radical (unpaired) electrons. The molecular weight excluding hydrogens is 427 g/mol. The van der Waals surface area contributed by atoms with Gasteiger partial charge >= 0.3 is 30.9 Å². The number of nitrogens with one attached hydrogen (secondary N) is 4. The van der Waals surface area contributed by atoms with Gasteiger partial charge in [0.25, 0.3) is 0 Å². The zero-order chi connectivity index (χ0) is 23.8. The van der Waals surface area contributed by atoms with Gasteiger partial charge in [0.05, 0.1) is 5.97 Å². The Balaban J connectivity index is 0.00000408. The number of carboxylic acids is 1. The van der Waals surface area contributed by atoms with Crippen molar-refractivity contribution >= 4 is 40.8 Å². The van der Waals surface area contributed by atoms with Gasteiger partial charge < -0.3 is 31.2 Å². The molecule has 3 aromatic carbocycles. The second kappa shape index (κ2) is 11.9. The van der Waals surface area contributed by atoms with Crippen molar-refractivity contribution in [3.63, 3.8) is 0 Å². The fourth-order valence-electron chi connectivity index (χ4n) is 2.85. The van der Waals surface area contributed by atoms with Gasteiger partial charge in [-0.2, -0.15) is 0 Å². The molecule has 0 spiro atoms. The van der Waals surface area contributed by atoms with Gasteiger partial charge in [0.2, 0.25) is 0 Å². The van der Waals surface area contributed by atoms with E-state index in [1.54, 1.807) is 48.5 Å². The Kier molecular flexibility index (Phi) is 8.94. The molecule has 8 nitrogen and oxygen atoms in total. The first kappa shape index (κ1) is 25.6. The summed E-state index contributed by atoms with van der Waals surface area (Å²) in [5.74, 6) is 3.44. The van der Waals surface area contributed by atoms with Crippen LogP contribution in [0.4, 0.5) is 32.3 Å². The van der Waals surface area contributed by atoms with Crippen molar-refractivity contribution in [2.24, 2.45) is 0 Å². The van der Waals surface area contributed by atoms with Crippen LogP contribution in [0.25, 0.3) is 0 Å². The predicted octanol–water partition coefficient (Wildman–Crippen LogP) is 0.305.